The number of alkyl halides is 4. The van der Waals surface area contributed by atoms with E-state index in [9.17, 15) is 17.6 Å². The number of hydrogen-bond acceptors (Lipinski definition) is 8. The van der Waals surface area contributed by atoms with E-state index < -0.39 is 45.5 Å². The fourth-order valence-corrected chi connectivity index (χ4v) is 7.62. The van der Waals surface area contributed by atoms with Gasteiger partial charge >= 0.3 is 12.2 Å². The van der Waals surface area contributed by atoms with Crippen molar-refractivity contribution in [2.75, 3.05) is 56.6 Å². The lowest BCUT2D eigenvalue weighted by molar-refractivity contribution is -0.137. The van der Waals surface area contributed by atoms with Crippen LogP contribution in [0.25, 0.3) is 22.2 Å². The maximum Gasteiger partial charge on any atom is 0.418 e. The van der Waals surface area contributed by atoms with Gasteiger partial charge in [-0.2, -0.15) is 23.1 Å². The summed E-state index contributed by atoms with van der Waals surface area (Å²) in [6.45, 7) is 3.64. The molecule has 1 spiro atoms. The molecule has 2 aromatic heterocycles. The molecule has 0 bridgehead atoms. The number of nitrogen functional groups attached to an aromatic ring is 1. The Morgan fingerprint density at radius 1 is 1.14 bits per heavy atom. The second-order valence-corrected chi connectivity index (χ2v) is 12.7. The van der Waals surface area contributed by atoms with E-state index in [0.29, 0.717) is 45.1 Å². The Hall–Kier alpha value is -3.03. The predicted molar refractivity (Wildman–Crippen MR) is 150 cm³/mol. The van der Waals surface area contributed by atoms with Gasteiger partial charge in [-0.25, -0.2) is 8.78 Å². The lowest BCUT2D eigenvalue weighted by atomic mass is 9.78. The Bertz CT molecular complexity index is 1590. The van der Waals surface area contributed by atoms with Gasteiger partial charge in [0, 0.05) is 48.9 Å². The van der Waals surface area contributed by atoms with E-state index in [1.54, 1.807) is 0 Å². The minimum Gasteiger partial charge on any atom is -0.461 e. The maximum absolute atomic E-state index is 16.4. The number of pyridine rings is 1. The summed E-state index contributed by atoms with van der Waals surface area (Å²) in [6, 6.07) is 1.83. The average molecular weight is 625 g/mol. The molecule has 0 radical (unpaired) electrons. The highest BCUT2D eigenvalue weighted by atomic mass is 35.5. The number of piperidine rings is 1. The standard InChI is InChI=1S/C29H30ClF5N6O2/c30-20-8-17(36)7-18(21(20)29(33,34)35)23-22(32)24-19(10-37-23)25(40-5-1-3-27(12-40)13-42-14-27)39-26(38-24)43-15-28-4-2-6-41(28)11-16(31)9-28/h7-8,10,16H,1-6,9,11-15,36H2/t16-,28+/m1/s1. The fraction of sp³-hybridized carbons (Fsp3) is 0.552. The molecule has 230 valence electrons. The summed E-state index contributed by atoms with van der Waals surface area (Å²) in [5.41, 5.74) is 2.52. The molecule has 0 aliphatic carbocycles. The van der Waals surface area contributed by atoms with Gasteiger partial charge in [0.15, 0.2) is 5.82 Å². The van der Waals surface area contributed by atoms with Gasteiger partial charge in [0.05, 0.1) is 34.7 Å². The van der Waals surface area contributed by atoms with Crippen molar-refractivity contribution >= 4 is 34.0 Å². The molecule has 2 N–H and O–H groups in total. The van der Waals surface area contributed by atoms with Crippen molar-refractivity contribution in [3.05, 3.63) is 34.7 Å². The van der Waals surface area contributed by atoms with Crippen LogP contribution in [-0.2, 0) is 10.9 Å². The van der Waals surface area contributed by atoms with Crippen molar-refractivity contribution in [3.63, 3.8) is 0 Å². The Kier molecular flexibility index (Phi) is 6.86. The fourth-order valence-electron chi connectivity index (χ4n) is 7.28. The summed E-state index contributed by atoms with van der Waals surface area (Å²) in [6.07, 6.45) is -0.773. The molecular weight excluding hydrogens is 595 g/mol. The third-order valence-electron chi connectivity index (χ3n) is 9.30. The Balaban J connectivity index is 1.34. The van der Waals surface area contributed by atoms with E-state index in [2.05, 4.69) is 19.9 Å². The molecule has 3 aromatic rings. The number of ether oxygens (including phenoxy) is 2. The first kappa shape index (κ1) is 28.7. The van der Waals surface area contributed by atoms with Crippen LogP contribution in [0.1, 0.15) is 37.7 Å². The summed E-state index contributed by atoms with van der Waals surface area (Å²) < 4.78 is 84.6. The van der Waals surface area contributed by atoms with Crippen molar-refractivity contribution in [3.8, 4) is 17.3 Å². The topological polar surface area (TPSA) is 89.6 Å². The van der Waals surface area contributed by atoms with Gasteiger partial charge in [-0.15, -0.1) is 0 Å². The molecule has 7 rings (SSSR count). The predicted octanol–water partition coefficient (Wildman–Crippen LogP) is 5.66. The van der Waals surface area contributed by atoms with E-state index in [4.69, 9.17) is 26.8 Å². The van der Waals surface area contributed by atoms with E-state index in [1.807, 2.05) is 4.90 Å². The van der Waals surface area contributed by atoms with Crippen molar-refractivity contribution in [1.29, 1.82) is 0 Å². The van der Waals surface area contributed by atoms with Gasteiger partial charge in [0.2, 0.25) is 0 Å². The largest absolute Gasteiger partial charge is 0.461 e. The van der Waals surface area contributed by atoms with E-state index in [1.165, 1.54) is 6.20 Å². The maximum atomic E-state index is 16.4. The van der Waals surface area contributed by atoms with E-state index >= 15 is 4.39 Å². The first-order valence-electron chi connectivity index (χ1n) is 14.3. The molecule has 4 aliphatic rings. The molecule has 4 fully saturated rings. The van der Waals surface area contributed by atoms with Gasteiger partial charge in [-0.1, -0.05) is 11.6 Å². The highest BCUT2D eigenvalue weighted by Gasteiger charge is 2.49. The SMILES string of the molecule is Nc1cc(Cl)c(C(F)(F)F)c(-c2ncc3c(N4CCCC5(COC5)C4)nc(OC[C@@]45CCCN4C[C@H](F)C5)nc3c2F)c1. The molecule has 2 atom stereocenters. The average Bonchev–Trinajstić information content (AvgIpc) is 3.45. The molecule has 4 aliphatic heterocycles. The zero-order valence-corrected chi connectivity index (χ0v) is 23.9. The van der Waals surface area contributed by atoms with Crippen LogP contribution >= 0.6 is 11.6 Å². The second kappa shape index (κ2) is 10.3. The van der Waals surface area contributed by atoms with Crippen LogP contribution in [0, 0.1) is 11.2 Å². The van der Waals surface area contributed by atoms with Crippen LogP contribution in [0.15, 0.2) is 18.3 Å². The summed E-state index contributed by atoms with van der Waals surface area (Å²) in [5, 5.41) is -0.430. The van der Waals surface area contributed by atoms with Crippen molar-refractivity contribution < 1.29 is 31.4 Å². The van der Waals surface area contributed by atoms with Gasteiger partial charge in [0.1, 0.15) is 29.8 Å². The molecular formula is C29H30ClF5N6O2. The number of aromatic nitrogens is 3. The third-order valence-corrected chi connectivity index (χ3v) is 9.60. The molecule has 1 aromatic carbocycles. The number of nitrogens with two attached hydrogens (primary N) is 1. The highest BCUT2D eigenvalue weighted by molar-refractivity contribution is 6.32. The van der Waals surface area contributed by atoms with Gasteiger partial charge in [0.25, 0.3) is 0 Å². The van der Waals surface area contributed by atoms with Crippen LogP contribution in [0.3, 0.4) is 0 Å². The minimum absolute atomic E-state index is 0.0499. The van der Waals surface area contributed by atoms with Crippen LogP contribution in [0.5, 0.6) is 6.01 Å². The molecule has 0 saturated carbocycles. The summed E-state index contributed by atoms with van der Waals surface area (Å²) >= 11 is 5.95. The molecule has 14 heteroatoms. The number of anilines is 2. The first-order valence-corrected chi connectivity index (χ1v) is 14.7. The van der Waals surface area contributed by atoms with Crippen LogP contribution < -0.4 is 15.4 Å². The van der Waals surface area contributed by atoms with Crippen molar-refractivity contribution in [1.82, 2.24) is 19.9 Å². The van der Waals surface area contributed by atoms with E-state index in [0.717, 1.165) is 44.4 Å². The second-order valence-electron chi connectivity index (χ2n) is 12.3. The molecule has 8 nitrogen and oxygen atoms in total. The van der Waals surface area contributed by atoms with Crippen molar-refractivity contribution in [2.45, 2.75) is 50.0 Å². The molecule has 6 heterocycles. The number of nitrogens with zero attached hydrogens (tertiary/aromatic N) is 5. The smallest absolute Gasteiger partial charge is 0.418 e. The molecule has 0 unspecified atom stereocenters. The molecule has 0 amide bonds. The zero-order chi connectivity index (χ0) is 30.1. The minimum atomic E-state index is -4.90. The lowest BCUT2D eigenvalue weighted by Crippen LogP contribution is -2.54. The Morgan fingerprint density at radius 2 is 1.93 bits per heavy atom. The van der Waals surface area contributed by atoms with Gasteiger partial charge in [-0.05, 0) is 44.4 Å². The summed E-state index contributed by atoms with van der Waals surface area (Å²) in [4.78, 5) is 17.3. The number of halogens is 6. The number of fused-ring (bicyclic) bond motifs is 2. The first-order chi connectivity index (χ1) is 20.5. The molecule has 4 saturated heterocycles. The highest BCUT2D eigenvalue weighted by Crippen LogP contribution is 2.45. The van der Waals surface area contributed by atoms with Crippen molar-refractivity contribution in [2.24, 2.45) is 5.41 Å². The number of hydrogen-bond donors (Lipinski definition) is 1. The molecule has 43 heavy (non-hydrogen) atoms. The van der Waals surface area contributed by atoms with Crippen LogP contribution in [0.2, 0.25) is 5.02 Å². The number of rotatable bonds is 5. The summed E-state index contributed by atoms with van der Waals surface area (Å²) in [5.74, 6) is -0.705. The van der Waals surface area contributed by atoms with Gasteiger partial charge < -0.3 is 20.1 Å². The zero-order valence-electron chi connectivity index (χ0n) is 23.2. The van der Waals surface area contributed by atoms with E-state index in [-0.39, 0.29) is 34.6 Å². The van der Waals surface area contributed by atoms with Crippen LogP contribution in [-0.4, -0.2) is 77.6 Å². The monoisotopic (exact) mass is 624 g/mol. The number of benzene rings is 1. The third kappa shape index (κ3) is 4.93. The normalized spacial score (nSPS) is 25.3. The van der Waals surface area contributed by atoms with Crippen LogP contribution in [0.4, 0.5) is 33.5 Å². The summed E-state index contributed by atoms with van der Waals surface area (Å²) in [7, 11) is 0. The Morgan fingerprint density at radius 3 is 2.67 bits per heavy atom. The van der Waals surface area contributed by atoms with Gasteiger partial charge in [-0.3, -0.25) is 9.88 Å². The lowest BCUT2D eigenvalue weighted by Gasteiger charge is -2.48. The Labute approximate surface area is 249 Å². The quantitative estimate of drug-likeness (QED) is 0.288.